The van der Waals surface area contributed by atoms with Gasteiger partial charge >= 0.3 is 0 Å². The van der Waals surface area contributed by atoms with E-state index in [0.29, 0.717) is 11.3 Å². The summed E-state index contributed by atoms with van der Waals surface area (Å²) in [6.45, 7) is 10.5. The molecule has 0 heterocycles. The maximum Gasteiger partial charge on any atom is 0.122 e. The molecular weight excluding hydrogens is 246 g/mol. The molecule has 20 heavy (non-hydrogen) atoms. The number of rotatable bonds is 9. The number of nitrogens with two attached hydrogens (primary N) is 1. The van der Waals surface area contributed by atoms with Crippen molar-refractivity contribution in [2.45, 2.75) is 59.3 Å². The fourth-order valence-corrected chi connectivity index (χ4v) is 2.71. The van der Waals surface area contributed by atoms with Crippen molar-refractivity contribution in [3.63, 3.8) is 0 Å². The van der Waals surface area contributed by atoms with Crippen molar-refractivity contribution in [1.29, 1.82) is 0 Å². The summed E-state index contributed by atoms with van der Waals surface area (Å²) >= 11 is 0. The first-order chi connectivity index (χ1) is 9.58. The van der Waals surface area contributed by atoms with Crippen molar-refractivity contribution in [2.24, 2.45) is 11.1 Å². The van der Waals surface area contributed by atoms with E-state index in [4.69, 9.17) is 10.5 Å². The van der Waals surface area contributed by atoms with E-state index >= 15 is 0 Å². The second-order valence-corrected chi connectivity index (χ2v) is 6.06. The van der Waals surface area contributed by atoms with Crippen molar-refractivity contribution >= 4 is 0 Å². The van der Waals surface area contributed by atoms with E-state index in [1.165, 1.54) is 5.56 Å². The second-order valence-electron chi connectivity index (χ2n) is 6.06. The fourth-order valence-electron chi connectivity index (χ4n) is 2.71. The average molecular weight is 277 g/mol. The van der Waals surface area contributed by atoms with Crippen LogP contribution in [-0.2, 0) is 0 Å². The first kappa shape index (κ1) is 17.0. The third-order valence-corrected chi connectivity index (χ3v) is 4.58. The maximum atomic E-state index is 5.99. The van der Waals surface area contributed by atoms with Crippen LogP contribution in [-0.4, -0.2) is 13.2 Å². The van der Waals surface area contributed by atoms with Crippen LogP contribution in [0.15, 0.2) is 24.3 Å². The number of ether oxygens (including phenoxy) is 1. The third-order valence-electron chi connectivity index (χ3n) is 4.58. The summed E-state index contributed by atoms with van der Waals surface area (Å²) in [6.07, 6.45) is 4.54. The van der Waals surface area contributed by atoms with E-state index in [-0.39, 0.29) is 0 Å². The van der Waals surface area contributed by atoms with Crippen LogP contribution < -0.4 is 10.5 Å². The Morgan fingerprint density at radius 3 is 2.35 bits per heavy atom. The quantitative estimate of drug-likeness (QED) is 0.662. The van der Waals surface area contributed by atoms with Gasteiger partial charge in [-0.15, -0.1) is 0 Å². The Hall–Kier alpha value is -1.02. The van der Waals surface area contributed by atoms with Crippen LogP contribution in [0.2, 0.25) is 0 Å². The van der Waals surface area contributed by atoms with Crippen LogP contribution in [0, 0.1) is 5.41 Å². The SMILES string of the molecule is CCC(CC)(CN)CCCOc1ccccc1C(C)C. The van der Waals surface area contributed by atoms with Crippen LogP contribution in [0.5, 0.6) is 5.75 Å². The Bertz CT molecular complexity index is 374. The van der Waals surface area contributed by atoms with Gasteiger partial charge in [0.25, 0.3) is 0 Å². The van der Waals surface area contributed by atoms with Crippen molar-refractivity contribution in [3.05, 3.63) is 29.8 Å². The molecule has 0 unspecified atom stereocenters. The molecule has 0 amide bonds. The summed E-state index contributed by atoms with van der Waals surface area (Å²) in [5.74, 6) is 1.54. The van der Waals surface area contributed by atoms with Crippen molar-refractivity contribution in [3.8, 4) is 5.75 Å². The van der Waals surface area contributed by atoms with Gasteiger partial charge < -0.3 is 10.5 Å². The Kier molecular flexibility index (Phi) is 7.08. The lowest BCUT2D eigenvalue weighted by molar-refractivity contribution is 0.212. The first-order valence-electron chi connectivity index (χ1n) is 8.00. The van der Waals surface area contributed by atoms with Crippen LogP contribution in [0.1, 0.15) is 64.9 Å². The maximum absolute atomic E-state index is 5.99. The van der Waals surface area contributed by atoms with Gasteiger partial charge in [0.15, 0.2) is 0 Å². The molecule has 0 aliphatic heterocycles. The van der Waals surface area contributed by atoms with Crippen LogP contribution in [0.3, 0.4) is 0 Å². The molecule has 0 radical (unpaired) electrons. The van der Waals surface area contributed by atoms with Gasteiger partial charge in [0, 0.05) is 0 Å². The molecule has 2 N–H and O–H groups in total. The van der Waals surface area contributed by atoms with Gasteiger partial charge in [-0.25, -0.2) is 0 Å². The highest BCUT2D eigenvalue weighted by molar-refractivity contribution is 5.35. The Balaban J connectivity index is 2.49. The zero-order valence-corrected chi connectivity index (χ0v) is 13.6. The smallest absolute Gasteiger partial charge is 0.122 e. The van der Waals surface area contributed by atoms with Gasteiger partial charge in [-0.2, -0.15) is 0 Å². The molecule has 0 aromatic heterocycles. The predicted molar refractivity (Wildman–Crippen MR) is 87.3 cm³/mol. The van der Waals surface area contributed by atoms with Gasteiger partial charge in [0.2, 0.25) is 0 Å². The molecule has 114 valence electrons. The summed E-state index contributed by atoms with van der Waals surface area (Å²) in [7, 11) is 0. The standard InChI is InChI=1S/C18H31NO/c1-5-18(6-2,14-19)12-9-13-20-17-11-8-7-10-16(17)15(3)4/h7-8,10-11,15H,5-6,9,12-14,19H2,1-4H3. The van der Waals surface area contributed by atoms with Crippen molar-refractivity contribution in [1.82, 2.24) is 0 Å². The predicted octanol–water partition coefficient (Wildman–Crippen LogP) is 4.73. The van der Waals surface area contributed by atoms with E-state index in [0.717, 1.165) is 44.6 Å². The lowest BCUT2D eigenvalue weighted by Gasteiger charge is -2.30. The molecule has 0 atom stereocenters. The first-order valence-corrected chi connectivity index (χ1v) is 8.00. The summed E-state index contributed by atoms with van der Waals surface area (Å²) in [5, 5.41) is 0. The van der Waals surface area contributed by atoms with Gasteiger partial charge in [0.05, 0.1) is 6.61 Å². The molecule has 1 rings (SSSR count). The molecule has 0 aliphatic carbocycles. The van der Waals surface area contributed by atoms with Gasteiger partial charge in [-0.3, -0.25) is 0 Å². The van der Waals surface area contributed by atoms with E-state index in [1.807, 2.05) is 6.07 Å². The van der Waals surface area contributed by atoms with Gasteiger partial charge in [-0.1, -0.05) is 45.9 Å². The second kappa shape index (κ2) is 8.31. The van der Waals surface area contributed by atoms with E-state index in [1.54, 1.807) is 0 Å². The normalized spacial score (nSPS) is 11.9. The van der Waals surface area contributed by atoms with E-state index < -0.39 is 0 Å². The number of benzene rings is 1. The lowest BCUT2D eigenvalue weighted by Crippen LogP contribution is -2.29. The van der Waals surface area contributed by atoms with Crippen LogP contribution >= 0.6 is 0 Å². The number of para-hydroxylation sites is 1. The zero-order chi connectivity index (χ0) is 15.0. The monoisotopic (exact) mass is 277 g/mol. The highest BCUT2D eigenvalue weighted by Crippen LogP contribution is 2.31. The highest BCUT2D eigenvalue weighted by atomic mass is 16.5. The molecule has 0 saturated carbocycles. The average Bonchev–Trinajstić information content (AvgIpc) is 2.48. The summed E-state index contributed by atoms with van der Waals surface area (Å²) in [6, 6.07) is 8.35. The molecule has 1 aromatic rings. The molecule has 0 saturated heterocycles. The Morgan fingerprint density at radius 2 is 1.80 bits per heavy atom. The third kappa shape index (κ3) is 4.52. The summed E-state index contributed by atoms with van der Waals surface area (Å²) < 4.78 is 5.99. The van der Waals surface area contributed by atoms with E-state index in [2.05, 4.69) is 45.9 Å². The minimum Gasteiger partial charge on any atom is -0.493 e. The summed E-state index contributed by atoms with van der Waals surface area (Å²) in [5.41, 5.74) is 7.55. The number of hydrogen-bond donors (Lipinski definition) is 1. The molecule has 0 spiro atoms. The summed E-state index contributed by atoms with van der Waals surface area (Å²) in [4.78, 5) is 0. The topological polar surface area (TPSA) is 35.2 Å². The largest absolute Gasteiger partial charge is 0.493 e. The minimum absolute atomic E-state index is 0.306. The Labute approximate surface area is 124 Å². The van der Waals surface area contributed by atoms with Crippen LogP contribution in [0.4, 0.5) is 0 Å². The van der Waals surface area contributed by atoms with Crippen LogP contribution in [0.25, 0.3) is 0 Å². The highest BCUT2D eigenvalue weighted by Gasteiger charge is 2.23. The van der Waals surface area contributed by atoms with Gasteiger partial charge in [0.1, 0.15) is 5.75 Å². The molecule has 0 fully saturated rings. The van der Waals surface area contributed by atoms with Crippen molar-refractivity contribution in [2.75, 3.05) is 13.2 Å². The van der Waals surface area contributed by atoms with E-state index in [9.17, 15) is 0 Å². The fraction of sp³-hybridized carbons (Fsp3) is 0.667. The molecule has 0 aliphatic rings. The molecule has 1 aromatic carbocycles. The molecular formula is C18H31NO. The molecule has 2 heteroatoms. The number of hydrogen-bond acceptors (Lipinski definition) is 2. The Morgan fingerprint density at radius 1 is 1.15 bits per heavy atom. The lowest BCUT2D eigenvalue weighted by atomic mass is 9.78. The van der Waals surface area contributed by atoms with Crippen molar-refractivity contribution < 1.29 is 4.74 Å². The minimum atomic E-state index is 0.306. The van der Waals surface area contributed by atoms with Gasteiger partial charge in [-0.05, 0) is 55.2 Å². The zero-order valence-electron chi connectivity index (χ0n) is 13.6. The molecule has 0 bridgehead atoms. The molecule has 2 nitrogen and oxygen atoms in total.